The van der Waals surface area contributed by atoms with E-state index in [0.29, 0.717) is 6.04 Å². The third kappa shape index (κ3) is 2.92. The van der Waals surface area contributed by atoms with Gasteiger partial charge in [-0.2, -0.15) is 4.37 Å². The third-order valence-electron chi connectivity index (χ3n) is 2.83. The molecule has 5 heteroatoms. The SMILES string of the molecule is CCc1nsc(SC2CCC(NC)C2)n1. The smallest absolute Gasteiger partial charge is 0.170 e. The predicted molar refractivity (Wildman–Crippen MR) is 65.6 cm³/mol. The Balaban J connectivity index is 1.87. The van der Waals surface area contributed by atoms with E-state index in [-0.39, 0.29) is 0 Å². The average molecular weight is 243 g/mol. The molecule has 2 unspecified atom stereocenters. The zero-order valence-electron chi connectivity index (χ0n) is 9.19. The van der Waals surface area contributed by atoms with Gasteiger partial charge in [-0.3, -0.25) is 0 Å². The zero-order chi connectivity index (χ0) is 10.7. The van der Waals surface area contributed by atoms with Crippen LogP contribution >= 0.6 is 23.3 Å². The highest BCUT2D eigenvalue weighted by molar-refractivity contribution is 8.01. The number of nitrogens with zero attached hydrogens (tertiary/aromatic N) is 2. The van der Waals surface area contributed by atoms with Gasteiger partial charge in [-0.1, -0.05) is 18.7 Å². The first-order chi connectivity index (χ1) is 7.31. The summed E-state index contributed by atoms with van der Waals surface area (Å²) in [5.41, 5.74) is 0. The van der Waals surface area contributed by atoms with Crippen molar-refractivity contribution in [3.63, 3.8) is 0 Å². The van der Waals surface area contributed by atoms with Crippen LogP contribution in [-0.4, -0.2) is 27.7 Å². The molecule has 0 radical (unpaired) electrons. The van der Waals surface area contributed by atoms with E-state index >= 15 is 0 Å². The fraction of sp³-hybridized carbons (Fsp3) is 0.800. The summed E-state index contributed by atoms with van der Waals surface area (Å²) in [6.45, 7) is 2.10. The quantitative estimate of drug-likeness (QED) is 0.881. The Morgan fingerprint density at radius 3 is 3.00 bits per heavy atom. The van der Waals surface area contributed by atoms with Crippen LogP contribution in [0.3, 0.4) is 0 Å². The molecule has 15 heavy (non-hydrogen) atoms. The van der Waals surface area contributed by atoms with Gasteiger partial charge < -0.3 is 5.32 Å². The Hall–Kier alpha value is -0.130. The maximum atomic E-state index is 4.49. The summed E-state index contributed by atoms with van der Waals surface area (Å²) >= 11 is 3.46. The van der Waals surface area contributed by atoms with Crippen molar-refractivity contribution in [2.75, 3.05) is 7.05 Å². The zero-order valence-corrected chi connectivity index (χ0v) is 10.8. The van der Waals surface area contributed by atoms with E-state index in [1.54, 1.807) is 11.5 Å². The van der Waals surface area contributed by atoms with Gasteiger partial charge in [0.2, 0.25) is 0 Å². The highest BCUT2D eigenvalue weighted by atomic mass is 32.2. The van der Waals surface area contributed by atoms with Crippen LogP contribution in [0.1, 0.15) is 32.0 Å². The van der Waals surface area contributed by atoms with Crippen molar-refractivity contribution < 1.29 is 0 Å². The molecule has 1 aliphatic rings. The standard InChI is InChI=1S/C10H17N3S2/c1-3-9-12-10(15-13-9)14-8-5-4-7(6-8)11-2/h7-8,11H,3-6H2,1-2H3. The molecule has 1 aromatic heterocycles. The second kappa shape index (κ2) is 5.27. The molecule has 84 valence electrons. The molecule has 2 rings (SSSR count). The lowest BCUT2D eigenvalue weighted by Crippen LogP contribution is -2.21. The molecule has 1 aromatic rings. The minimum atomic E-state index is 0.709. The van der Waals surface area contributed by atoms with E-state index in [9.17, 15) is 0 Å². The molecule has 0 amide bonds. The monoisotopic (exact) mass is 243 g/mol. The molecule has 0 saturated heterocycles. The number of aryl methyl sites for hydroxylation is 1. The summed E-state index contributed by atoms with van der Waals surface area (Å²) in [7, 11) is 2.05. The molecule has 1 aliphatic carbocycles. The van der Waals surface area contributed by atoms with Crippen LogP contribution in [0.25, 0.3) is 0 Å². The Bertz CT molecular complexity index is 313. The lowest BCUT2D eigenvalue weighted by Gasteiger charge is -2.07. The first-order valence-corrected chi connectivity index (χ1v) is 7.13. The average Bonchev–Trinajstić information content (AvgIpc) is 2.87. The number of hydrogen-bond acceptors (Lipinski definition) is 5. The van der Waals surface area contributed by atoms with E-state index in [0.717, 1.165) is 21.8 Å². The number of hydrogen-bond donors (Lipinski definition) is 1. The Labute approximate surface area is 99.2 Å². The molecule has 1 fully saturated rings. The fourth-order valence-corrected chi connectivity index (χ4v) is 4.10. The highest BCUT2D eigenvalue weighted by Gasteiger charge is 2.25. The highest BCUT2D eigenvalue weighted by Crippen LogP contribution is 2.35. The van der Waals surface area contributed by atoms with E-state index in [4.69, 9.17) is 0 Å². The maximum absolute atomic E-state index is 4.49. The summed E-state index contributed by atoms with van der Waals surface area (Å²) in [4.78, 5) is 4.49. The van der Waals surface area contributed by atoms with Crippen molar-refractivity contribution in [1.82, 2.24) is 14.7 Å². The maximum Gasteiger partial charge on any atom is 0.170 e. The first-order valence-electron chi connectivity index (χ1n) is 5.48. The second-order valence-electron chi connectivity index (χ2n) is 3.87. The molecular formula is C10H17N3S2. The first kappa shape index (κ1) is 11.4. The van der Waals surface area contributed by atoms with E-state index in [1.165, 1.54) is 19.3 Å². The van der Waals surface area contributed by atoms with E-state index in [1.807, 2.05) is 11.8 Å². The molecule has 1 heterocycles. The molecule has 0 spiro atoms. The van der Waals surface area contributed by atoms with Crippen molar-refractivity contribution in [3.05, 3.63) is 5.82 Å². The number of rotatable bonds is 4. The normalized spacial score (nSPS) is 26.0. The summed E-state index contributed by atoms with van der Waals surface area (Å²) in [6.07, 6.45) is 4.81. The van der Waals surface area contributed by atoms with Crippen molar-refractivity contribution in [1.29, 1.82) is 0 Å². The molecular weight excluding hydrogens is 226 g/mol. The number of aromatic nitrogens is 2. The lowest BCUT2D eigenvalue weighted by molar-refractivity contribution is 0.583. The third-order valence-corrected chi connectivity index (χ3v) is 4.94. The van der Waals surface area contributed by atoms with E-state index < -0.39 is 0 Å². The van der Waals surface area contributed by atoms with Gasteiger partial charge in [0.15, 0.2) is 4.34 Å². The van der Waals surface area contributed by atoms with Crippen molar-refractivity contribution in [3.8, 4) is 0 Å². The van der Waals surface area contributed by atoms with Gasteiger partial charge in [-0.15, -0.1) is 0 Å². The molecule has 0 bridgehead atoms. The van der Waals surface area contributed by atoms with Crippen LogP contribution in [0.15, 0.2) is 4.34 Å². The molecule has 0 aromatic carbocycles. The summed E-state index contributed by atoms with van der Waals surface area (Å²) in [6, 6.07) is 0.709. The molecule has 3 nitrogen and oxygen atoms in total. The largest absolute Gasteiger partial charge is 0.317 e. The van der Waals surface area contributed by atoms with Gasteiger partial charge in [0.1, 0.15) is 5.82 Å². The summed E-state index contributed by atoms with van der Waals surface area (Å²) in [5, 5.41) is 4.09. The second-order valence-corrected chi connectivity index (χ2v) is 6.17. The van der Waals surface area contributed by atoms with Crippen LogP contribution in [0, 0.1) is 0 Å². The Morgan fingerprint density at radius 2 is 2.40 bits per heavy atom. The van der Waals surface area contributed by atoms with Gasteiger partial charge in [0, 0.05) is 17.7 Å². The van der Waals surface area contributed by atoms with Crippen LogP contribution in [0.2, 0.25) is 0 Å². The van der Waals surface area contributed by atoms with Crippen LogP contribution in [0.5, 0.6) is 0 Å². The van der Waals surface area contributed by atoms with Crippen molar-refractivity contribution >= 4 is 23.3 Å². The van der Waals surface area contributed by atoms with Crippen LogP contribution in [0.4, 0.5) is 0 Å². The lowest BCUT2D eigenvalue weighted by atomic mass is 10.3. The predicted octanol–water partition coefficient (Wildman–Crippen LogP) is 2.33. The summed E-state index contributed by atoms with van der Waals surface area (Å²) < 4.78 is 5.46. The van der Waals surface area contributed by atoms with Gasteiger partial charge in [0.25, 0.3) is 0 Å². The van der Waals surface area contributed by atoms with Gasteiger partial charge >= 0.3 is 0 Å². The fourth-order valence-electron chi connectivity index (χ4n) is 1.88. The van der Waals surface area contributed by atoms with Crippen molar-refractivity contribution in [2.24, 2.45) is 0 Å². The van der Waals surface area contributed by atoms with Crippen LogP contribution < -0.4 is 5.32 Å². The summed E-state index contributed by atoms with van der Waals surface area (Å²) in [5.74, 6) is 0.991. The number of thioether (sulfide) groups is 1. The Kier molecular flexibility index (Phi) is 3.99. The Morgan fingerprint density at radius 1 is 1.53 bits per heavy atom. The minimum Gasteiger partial charge on any atom is -0.317 e. The van der Waals surface area contributed by atoms with E-state index in [2.05, 4.69) is 28.6 Å². The van der Waals surface area contributed by atoms with Crippen LogP contribution in [-0.2, 0) is 6.42 Å². The molecule has 1 saturated carbocycles. The topological polar surface area (TPSA) is 37.8 Å². The number of nitrogens with one attached hydrogen (secondary N) is 1. The van der Waals surface area contributed by atoms with Crippen molar-refractivity contribution in [2.45, 2.75) is 48.2 Å². The molecule has 0 aliphatic heterocycles. The molecule has 2 atom stereocenters. The van der Waals surface area contributed by atoms with Gasteiger partial charge in [0.05, 0.1) is 0 Å². The minimum absolute atomic E-state index is 0.709. The van der Waals surface area contributed by atoms with Gasteiger partial charge in [-0.25, -0.2) is 4.98 Å². The van der Waals surface area contributed by atoms with Gasteiger partial charge in [-0.05, 0) is 37.8 Å². The molecule has 1 N–H and O–H groups in total.